The van der Waals surface area contributed by atoms with Crippen molar-refractivity contribution < 1.29 is 19.1 Å². The number of ether oxygens (including phenoxy) is 1. The number of carbonyl (C=O) groups is 3. The average Bonchev–Trinajstić information content (AvgIpc) is 2.65. The maximum absolute atomic E-state index is 12.7. The molecular formula is C20H26N2O4. The van der Waals surface area contributed by atoms with Crippen LogP contribution in [-0.4, -0.2) is 42.4 Å². The molecule has 1 aliphatic rings. The molecule has 1 heterocycles. The number of nitrogens with one attached hydrogen (secondary N) is 1. The number of rotatable bonds is 5. The van der Waals surface area contributed by atoms with Crippen LogP contribution in [0.5, 0.6) is 0 Å². The summed E-state index contributed by atoms with van der Waals surface area (Å²) in [6, 6.07) is 9.28. The minimum Gasteiger partial charge on any atom is -0.468 e. The fourth-order valence-corrected chi connectivity index (χ4v) is 3.42. The fourth-order valence-electron chi connectivity index (χ4n) is 3.42. The first-order valence-corrected chi connectivity index (χ1v) is 8.70. The Morgan fingerprint density at radius 3 is 2.46 bits per heavy atom. The second-order valence-corrected chi connectivity index (χ2v) is 6.82. The summed E-state index contributed by atoms with van der Waals surface area (Å²) in [5.41, 5.74) is 0.723. The maximum Gasteiger partial charge on any atom is 0.325 e. The van der Waals surface area contributed by atoms with E-state index in [1.807, 2.05) is 36.4 Å². The van der Waals surface area contributed by atoms with Crippen molar-refractivity contribution in [1.29, 1.82) is 0 Å². The molecule has 140 valence electrons. The van der Waals surface area contributed by atoms with Crippen LogP contribution in [-0.2, 0) is 24.5 Å². The molecule has 1 aromatic rings. The Kier molecular flexibility index (Phi) is 6.18. The predicted octanol–water partition coefficient (Wildman–Crippen LogP) is 2.00. The standard InChI is InChI=1S/C20H26N2O4/c1-14(2)20(16-8-6-5-7-9-16)10-11-22(15(3)23)17(12-20)19(25)21-13-18(24)26-4/h5-11,14,17H,12-13H2,1-4H3,(H,21,25)/t17-,20+/m0/s1. The summed E-state index contributed by atoms with van der Waals surface area (Å²) < 4.78 is 4.56. The van der Waals surface area contributed by atoms with Crippen molar-refractivity contribution in [2.45, 2.75) is 38.6 Å². The highest BCUT2D eigenvalue weighted by atomic mass is 16.5. The van der Waals surface area contributed by atoms with E-state index in [-0.39, 0.29) is 29.7 Å². The van der Waals surface area contributed by atoms with E-state index in [9.17, 15) is 14.4 Å². The van der Waals surface area contributed by atoms with Gasteiger partial charge in [0, 0.05) is 18.5 Å². The lowest BCUT2D eigenvalue weighted by molar-refractivity contribution is -0.142. The van der Waals surface area contributed by atoms with E-state index in [2.05, 4.69) is 23.9 Å². The van der Waals surface area contributed by atoms with E-state index in [4.69, 9.17) is 0 Å². The van der Waals surface area contributed by atoms with Gasteiger partial charge in [-0.3, -0.25) is 14.4 Å². The van der Waals surface area contributed by atoms with Gasteiger partial charge in [0.1, 0.15) is 12.6 Å². The Morgan fingerprint density at radius 1 is 1.27 bits per heavy atom. The van der Waals surface area contributed by atoms with Crippen LogP contribution in [0.3, 0.4) is 0 Å². The van der Waals surface area contributed by atoms with Crippen molar-refractivity contribution in [2.75, 3.05) is 13.7 Å². The molecule has 0 aromatic heterocycles. The molecule has 1 N–H and O–H groups in total. The molecule has 0 bridgehead atoms. The number of amides is 2. The van der Waals surface area contributed by atoms with Gasteiger partial charge in [-0.2, -0.15) is 0 Å². The first kappa shape index (κ1) is 19.7. The molecule has 0 radical (unpaired) electrons. The van der Waals surface area contributed by atoms with E-state index in [1.54, 1.807) is 6.20 Å². The molecule has 0 aliphatic carbocycles. The summed E-state index contributed by atoms with van der Waals surface area (Å²) in [6.07, 6.45) is 4.15. The quantitative estimate of drug-likeness (QED) is 0.817. The molecule has 1 aliphatic heterocycles. The highest BCUT2D eigenvalue weighted by Gasteiger charge is 2.43. The fraction of sp³-hybridized carbons (Fsp3) is 0.450. The minimum absolute atomic E-state index is 0.214. The Hall–Kier alpha value is -2.63. The molecule has 26 heavy (non-hydrogen) atoms. The van der Waals surface area contributed by atoms with Gasteiger partial charge in [-0.1, -0.05) is 50.3 Å². The van der Waals surface area contributed by atoms with Crippen LogP contribution < -0.4 is 5.32 Å². The topological polar surface area (TPSA) is 75.7 Å². The molecule has 6 heteroatoms. The Labute approximate surface area is 154 Å². The van der Waals surface area contributed by atoms with Gasteiger partial charge >= 0.3 is 5.97 Å². The van der Waals surface area contributed by atoms with Crippen molar-refractivity contribution in [3.05, 3.63) is 48.2 Å². The lowest BCUT2D eigenvalue weighted by Crippen LogP contribution is -2.54. The van der Waals surface area contributed by atoms with Crippen molar-refractivity contribution in [1.82, 2.24) is 10.2 Å². The van der Waals surface area contributed by atoms with E-state index < -0.39 is 12.0 Å². The molecule has 2 atom stereocenters. The highest BCUT2D eigenvalue weighted by molar-refractivity contribution is 5.90. The smallest absolute Gasteiger partial charge is 0.325 e. The summed E-state index contributed by atoms with van der Waals surface area (Å²) >= 11 is 0. The SMILES string of the molecule is COC(=O)CNC(=O)[C@@H]1C[C@@](c2ccccc2)(C(C)C)C=CN1C(C)=O. The maximum atomic E-state index is 12.7. The van der Waals surface area contributed by atoms with Crippen LogP contribution in [0.1, 0.15) is 32.8 Å². The van der Waals surface area contributed by atoms with Gasteiger partial charge in [0.2, 0.25) is 11.8 Å². The zero-order valence-corrected chi connectivity index (χ0v) is 15.7. The van der Waals surface area contributed by atoms with Gasteiger partial charge in [0.25, 0.3) is 0 Å². The second-order valence-electron chi connectivity index (χ2n) is 6.82. The molecule has 0 spiro atoms. The van der Waals surface area contributed by atoms with E-state index >= 15 is 0 Å². The summed E-state index contributed by atoms with van der Waals surface area (Å²) in [6.45, 7) is 5.41. The molecule has 2 rings (SSSR count). The molecule has 1 aromatic carbocycles. The second kappa shape index (κ2) is 8.17. The summed E-state index contributed by atoms with van der Waals surface area (Å²) in [7, 11) is 1.26. The number of carbonyl (C=O) groups excluding carboxylic acids is 3. The number of esters is 1. The number of allylic oxidation sites excluding steroid dienone is 1. The Morgan fingerprint density at radius 2 is 1.92 bits per heavy atom. The predicted molar refractivity (Wildman–Crippen MR) is 98.0 cm³/mol. The monoisotopic (exact) mass is 358 g/mol. The minimum atomic E-state index is -0.690. The van der Waals surface area contributed by atoms with Crippen molar-refractivity contribution in [3.8, 4) is 0 Å². The third-order valence-electron chi connectivity index (χ3n) is 5.04. The molecule has 0 saturated heterocycles. The zero-order valence-electron chi connectivity index (χ0n) is 15.7. The number of hydrogen-bond donors (Lipinski definition) is 1. The lowest BCUT2D eigenvalue weighted by atomic mass is 9.66. The molecule has 0 saturated carbocycles. The molecular weight excluding hydrogens is 332 g/mol. The summed E-state index contributed by atoms with van der Waals surface area (Å²) in [4.78, 5) is 37.5. The van der Waals surface area contributed by atoms with E-state index in [1.165, 1.54) is 18.9 Å². The Balaban J connectivity index is 2.37. The number of nitrogens with zero attached hydrogens (tertiary/aromatic N) is 1. The third kappa shape index (κ3) is 3.95. The lowest BCUT2D eigenvalue weighted by Gasteiger charge is -2.44. The Bertz CT molecular complexity index is 699. The van der Waals surface area contributed by atoms with Crippen molar-refractivity contribution in [3.63, 3.8) is 0 Å². The molecule has 6 nitrogen and oxygen atoms in total. The van der Waals surface area contributed by atoms with Crippen LogP contribution >= 0.6 is 0 Å². The zero-order chi connectivity index (χ0) is 19.3. The normalized spacial score (nSPS) is 22.2. The van der Waals surface area contributed by atoms with Gasteiger partial charge in [-0.25, -0.2) is 0 Å². The van der Waals surface area contributed by atoms with Gasteiger partial charge in [-0.15, -0.1) is 0 Å². The van der Waals surface area contributed by atoms with Crippen LogP contribution in [0.2, 0.25) is 0 Å². The first-order chi connectivity index (χ1) is 12.3. The van der Waals surface area contributed by atoms with Gasteiger partial charge < -0.3 is 15.0 Å². The van der Waals surface area contributed by atoms with Gasteiger partial charge in [-0.05, 0) is 17.9 Å². The van der Waals surface area contributed by atoms with Crippen molar-refractivity contribution in [2.24, 2.45) is 5.92 Å². The number of hydrogen-bond acceptors (Lipinski definition) is 4. The van der Waals surface area contributed by atoms with Crippen LogP contribution in [0.25, 0.3) is 0 Å². The van der Waals surface area contributed by atoms with Crippen molar-refractivity contribution >= 4 is 17.8 Å². The third-order valence-corrected chi connectivity index (χ3v) is 5.04. The largest absolute Gasteiger partial charge is 0.468 e. The molecule has 0 unspecified atom stereocenters. The highest BCUT2D eigenvalue weighted by Crippen LogP contribution is 2.42. The number of benzene rings is 1. The number of methoxy groups -OCH3 is 1. The van der Waals surface area contributed by atoms with Gasteiger partial charge in [0.05, 0.1) is 7.11 Å². The average molecular weight is 358 g/mol. The van der Waals surface area contributed by atoms with Gasteiger partial charge in [0.15, 0.2) is 0 Å². The van der Waals surface area contributed by atoms with Crippen LogP contribution in [0.4, 0.5) is 0 Å². The van der Waals surface area contributed by atoms with E-state index in [0.717, 1.165) is 5.56 Å². The summed E-state index contributed by atoms with van der Waals surface area (Å²) in [5.74, 6) is -0.899. The summed E-state index contributed by atoms with van der Waals surface area (Å²) in [5, 5.41) is 2.57. The van der Waals surface area contributed by atoms with Crippen LogP contribution in [0, 0.1) is 5.92 Å². The van der Waals surface area contributed by atoms with Crippen LogP contribution in [0.15, 0.2) is 42.6 Å². The molecule has 0 fully saturated rings. The first-order valence-electron chi connectivity index (χ1n) is 8.70. The van der Waals surface area contributed by atoms with E-state index in [0.29, 0.717) is 6.42 Å². The molecule has 2 amide bonds.